The fourth-order valence-electron chi connectivity index (χ4n) is 2.57. The molecule has 0 aromatic heterocycles. The summed E-state index contributed by atoms with van der Waals surface area (Å²) < 4.78 is 28.2. The van der Waals surface area contributed by atoms with Crippen molar-refractivity contribution in [3.8, 4) is 5.75 Å². The number of ether oxygens (including phenoxy) is 1. The molecular weight excluding hydrogens is 238 g/mol. The van der Waals surface area contributed by atoms with Crippen LogP contribution in [0.1, 0.15) is 12.5 Å². The average molecular weight is 253 g/mol. The lowest BCUT2D eigenvalue weighted by Crippen LogP contribution is -2.56. The van der Waals surface area contributed by atoms with Crippen LogP contribution in [-0.2, 0) is 16.3 Å². The van der Waals surface area contributed by atoms with E-state index in [0.29, 0.717) is 0 Å². The monoisotopic (exact) mass is 253 g/mol. The van der Waals surface area contributed by atoms with Crippen LogP contribution in [-0.4, -0.2) is 32.1 Å². The molecule has 92 valence electrons. The zero-order valence-electron chi connectivity index (χ0n) is 9.69. The second kappa shape index (κ2) is 3.38. The summed E-state index contributed by atoms with van der Waals surface area (Å²) in [7, 11) is -2.86. The number of sulfone groups is 1. The topological polar surface area (TPSA) is 55.4 Å². The minimum absolute atomic E-state index is 0.116. The SMILES string of the molecule is CC1(Oc2ccc3c(c2)NCC3)CS(=O)(=O)C1. The number of fused-ring (bicyclic) bond motifs is 1. The van der Waals surface area contributed by atoms with E-state index in [2.05, 4.69) is 5.32 Å². The van der Waals surface area contributed by atoms with Gasteiger partial charge in [0.2, 0.25) is 0 Å². The van der Waals surface area contributed by atoms with Crippen LogP contribution in [0.2, 0.25) is 0 Å². The highest BCUT2D eigenvalue weighted by molar-refractivity contribution is 7.93. The molecule has 0 aliphatic carbocycles. The van der Waals surface area contributed by atoms with E-state index < -0.39 is 15.4 Å². The predicted molar refractivity (Wildman–Crippen MR) is 66.3 cm³/mol. The molecule has 5 heteroatoms. The van der Waals surface area contributed by atoms with Gasteiger partial charge in [0.05, 0.1) is 11.5 Å². The predicted octanol–water partition coefficient (Wildman–Crippen LogP) is 1.22. The summed E-state index contributed by atoms with van der Waals surface area (Å²) in [5, 5.41) is 3.28. The zero-order valence-corrected chi connectivity index (χ0v) is 10.5. The van der Waals surface area contributed by atoms with Crippen molar-refractivity contribution in [2.75, 3.05) is 23.4 Å². The van der Waals surface area contributed by atoms with E-state index in [9.17, 15) is 8.42 Å². The maximum Gasteiger partial charge on any atom is 0.158 e. The number of rotatable bonds is 2. The lowest BCUT2D eigenvalue weighted by Gasteiger charge is -2.37. The third kappa shape index (κ3) is 1.99. The molecule has 1 saturated heterocycles. The molecule has 2 aliphatic rings. The molecule has 1 aromatic rings. The van der Waals surface area contributed by atoms with Crippen LogP contribution in [0.15, 0.2) is 18.2 Å². The summed E-state index contributed by atoms with van der Waals surface area (Å²) in [6.45, 7) is 2.80. The third-order valence-electron chi connectivity index (χ3n) is 3.21. The number of anilines is 1. The van der Waals surface area contributed by atoms with Crippen molar-refractivity contribution in [3.63, 3.8) is 0 Å². The normalized spacial score (nSPS) is 23.4. The molecule has 17 heavy (non-hydrogen) atoms. The van der Waals surface area contributed by atoms with Crippen LogP contribution < -0.4 is 10.1 Å². The molecule has 1 aromatic carbocycles. The highest BCUT2D eigenvalue weighted by Gasteiger charge is 2.47. The molecule has 0 radical (unpaired) electrons. The molecule has 0 bridgehead atoms. The van der Waals surface area contributed by atoms with Crippen LogP contribution >= 0.6 is 0 Å². The number of nitrogens with one attached hydrogen (secondary N) is 1. The maximum atomic E-state index is 11.2. The molecule has 0 atom stereocenters. The first-order valence-corrected chi connectivity index (χ1v) is 7.54. The van der Waals surface area contributed by atoms with Gasteiger partial charge in [-0.05, 0) is 25.0 Å². The quantitative estimate of drug-likeness (QED) is 0.861. The molecule has 2 heterocycles. The number of benzene rings is 1. The summed E-state index contributed by atoms with van der Waals surface area (Å²) in [6.07, 6.45) is 1.04. The summed E-state index contributed by atoms with van der Waals surface area (Å²) in [5.41, 5.74) is 1.85. The molecule has 1 N–H and O–H groups in total. The lowest BCUT2D eigenvalue weighted by molar-refractivity contribution is 0.121. The summed E-state index contributed by atoms with van der Waals surface area (Å²) in [6, 6.07) is 5.92. The Morgan fingerprint density at radius 1 is 1.35 bits per heavy atom. The molecule has 0 unspecified atom stereocenters. The van der Waals surface area contributed by atoms with Gasteiger partial charge in [-0.1, -0.05) is 6.07 Å². The van der Waals surface area contributed by atoms with E-state index in [-0.39, 0.29) is 11.5 Å². The maximum absolute atomic E-state index is 11.2. The molecular formula is C12H15NO3S. The van der Waals surface area contributed by atoms with Crippen molar-refractivity contribution in [3.05, 3.63) is 23.8 Å². The first kappa shape index (κ1) is 10.9. The summed E-state index contributed by atoms with van der Waals surface area (Å²) >= 11 is 0. The Kier molecular flexibility index (Phi) is 2.17. The molecule has 0 saturated carbocycles. The van der Waals surface area contributed by atoms with E-state index in [1.54, 1.807) is 0 Å². The number of hydrogen-bond donors (Lipinski definition) is 1. The van der Waals surface area contributed by atoms with E-state index in [0.717, 1.165) is 24.4 Å². The second-order valence-corrected chi connectivity index (χ2v) is 7.14. The van der Waals surface area contributed by atoms with Crippen LogP contribution in [0.3, 0.4) is 0 Å². The summed E-state index contributed by atoms with van der Waals surface area (Å²) in [5.74, 6) is 0.977. The van der Waals surface area contributed by atoms with Crippen molar-refractivity contribution >= 4 is 15.5 Å². The minimum Gasteiger partial charge on any atom is -0.485 e. The highest BCUT2D eigenvalue weighted by Crippen LogP contribution is 2.33. The third-order valence-corrected chi connectivity index (χ3v) is 5.31. The fraction of sp³-hybridized carbons (Fsp3) is 0.500. The average Bonchev–Trinajstić information content (AvgIpc) is 2.60. The van der Waals surface area contributed by atoms with Gasteiger partial charge in [-0.3, -0.25) is 0 Å². The second-order valence-electron chi connectivity index (χ2n) is 5.08. The fourth-order valence-corrected chi connectivity index (χ4v) is 4.46. The molecule has 4 nitrogen and oxygen atoms in total. The van der Waals surface area contributed by atoms with Crippen molar-refractivity contribution in [1.82, 2.24) is 0 Å². The smallest absolute Gasteiger partial charge is 0.158 e. The van der Waals surface area contributed by atoms with E-state index >= 15 is 0 Å². The van der Waals surface area contributed by atoms with Crippen molar-refractivity contribution in [2.24, 2.45) is 0 Å². The van der Waals surface area contributed by atoms with Gasteiger partial charge in [0.25, 0.3) is 0 Å². The Hall–Kier alpha value is -1.23. The van der Waals surface area contributed by atoms with E-state index in [1.807, 2.05) is 25.1 Å². The van der Waals surface area contributed by atoms with E-state index in [4.69, 9.17) is 4.74 Å². The van der Waals surface area contributed by atoms with Gasteiger partial charge in [0, 0.05) is 18.3 Å². The van der Waals surface area contributed by atoms with Crippen molar-refractivity contribution < 1.29 is 13.2 Å². The Labute approximate surface area is 101 Å². The Balaban J connectivity index is 1.78. The number of hydrogen-bond acceptors (Lipinski definition) is 4. The van der Waals surface area contributed by atoms with E-state index in [1.165, 1.54) is 5.56 Å². The summed E-state index contributed by atoms with van der Waals surface area (Å²) in [4.78, 5) is 0. The van der Waals surface area contributed by atoms with Gasteiger partial charge >= 0.3 is 0 Å². The first-order valence-electron chi connectivity index (χ1n) is 5.72. The Bertz CT molecular complexity index is 553. The Morgan fingerprint density at radius 2 is 2.12 bits per heavy atom. The zero-order chi connectivity index (χ0) is 12.1. The largest absolute Gasteiger partial charge is 0.485 e. The van der Waals surface area contributed by atoms with Gasteiger partial charge < -0.3 is 10.1 Å². The first-order chi connectivity index (χ1) is 7.96. The highest BCUT2D eigenvalue weighted by atomic mass is 32.2. The molecule has 3 rings (SSSR count). The van der Waals surface area contributed by atoms with Crippen molar-refractivity contribution in [2.45, 2.75) is 18.9 Å². The Morgan fingerprint density at radius 3 is 2.82 bits per heavy atom. The molecule has 1 fully saturated rings. The van der Waals surface area contributed by atoms with Crippen LogP contribution in [0.25, 0.3) is 0 Å². The van der Waals surface area contributed by atoms with Gasteiger partial charge in [-0.2, -0.15) is 0 Å². The molecule has 0 spiro atoms. The molecule has 2 aliphatic heterocycles. The van der Waals surface area contributed by atoms with Gasteiger partial charge in [-0.25, -0.2) is 8.42 Å². The molecule has 0 amide bonds. The lowest BCUT2D eigenvalue weighted by atomic mass is 10.1. The van der Waals surface area contributed by atoms with Gasteiger partial charge in [0.1, 0.15) is 11.4 Å². The standard InChI is InChI=1S/C12H15NO3S/c1-12(7-17(14,15)8-12)16-10-3-2-9-4-5-13-11(9)6-10/h2-3,6,13H,4-5,7-8H2,1H3. The van der Waals surface area contributed by atoms with Crippen LogP contribution in [0, 0.1) is 0 Å². The minimum atomic E-state index is -2.86. The van der Waals surface area contributed by atoms with Crippen molar-refractivity contribution in [1.29, 1.82) is 0 Å². The van der Waals surface area contributed by atoms with Crippen LogP contribution in [0.5, 0.6) is 5.75 Å². The van der Waals surface area contributed by atoms with Gasteiger partial charge in [-0.15, -0.1) is 0 Å². The van der Waals surface area contributed by atoms with Crippen LogP contribution in [0.4, 0.5) is 5.69 Å². The van der Waals surface area contributed by atoms with Gasteiger partial charge in [0.15, 0.2) is 9.84 Å².